The van der Waals surface area contributed by atoms with Crippen molar-refractivity contribution in [2.24, 2.45) is 0 Å². The molecule has 0 bridgehead atoms. The molecule has 3 aromatic rings. The van der Waals surface area contributed by atoms with Gasteiger partial charge in [0.15, 0.2) is 11.5 Å². The van der Waals surface area contributed by atoms with Crippen LogP contribution in [0.4, 0.5) is 5.82 Å². The zero-order valence-corrected chi connectivity index (χ0v) is 19.6. The minimum absolute atomic E-state index is 0.0406. The Labute approximate surface area is 191 Å². The highest BCUT2D eigenvalue weighted by Crippen LogP contribution is 2.42. The monoisotopic (exact) mass is 455 g/mol. The summed E-state index contributed by atoms with van der Waals surface area (Å²) in [5.74, 6) is 1.09. The van der Waals surface area contributed by atoms with Crippen molar-refractivity contribution < 1.29 is 14.6 Å². The Morgan fingerprint density at radius 1 is 1.44 bits per heavy atom. The van der Waals surface area contributed by atoms with E-state index >= 15 is 0 Å². The lowest BCUT2D eigenvalue weighted by molar-refractivity contribution is 0.0954. The number of hydrogen-bond donors (Lipinski definition) is 3. The molecule has 4 rings (SSSR count). The van der Waals surface area contributed by atoms with Crippen molar-refractivity contribution in [3.63, 3.8) is 0 Å². The molecule has 1 amide bonds. The van der Waals surface area contributed by atoms with E-state index in [2.05, 4.69) is 41.5 Å². The smallest absolute Gasteiger partial charge is 0.256 e. The molecule has 0 radical (unpaired) electrons. The van der Waals surface area contributed by atoms with Crippen LogP contribution in [0.1, 0.15) is 58.5 Å². The maximum Gasteiger partial charge on any atom is 0.256 e. The number of ether oxygens (including phenoxy) is 1. The van der Waals surface area contributed by atoms with Gasteiger partial charge in [-0.1, -0.05) is 13.0 Å². The first-order valence-corrected chi connectivity index (χ1v) is 11.6. The van der Waals surface area contributed by atoms with Gasteiger partial charge in [-0.2, -0.15) is 5.10 Å². The van der Waals surface area contributed by atoms with E-state index in [0.717, 1.165) is 29.2 Å². The van der Waals surface area contributed by atoms with Crippen LogP contribution in [0.15, 0.2) is 30.6 Å². The van der Waals surface area contributed by atoms with Gasteiger partial charge in [-0.25, -0.2) is 9.67 Å². The minimum atomic E-state index is -0.202. The number of aryl methyl sites for hydroxylation is 1. The van der Waals surface area contributed by atoms with Crippen molar-refractivity contribution in [2.75, 3.05) is 19.0 Å². The molecule has 1 aliphatic heterocycles. The van der Waals surface area contributed by atoms with Crippen LogP contribution in [0.2, 0.25) is 0 Å². The number of benzene rings is 1. The fourth-order valence-corrected chi connectivity index (χ4v) is 4.90. The van der Waals surface area contributed by atoms with Gasteiger partial charge in [-0.05, 0) is 50.8 Å². The highest BCUT2D eigenvalue weighted by atomic mass is 32.1. The third-order valence-corrected chi connectivity index (χ3v) is 7.15. The molecule has 0 aliphatic carbocycles. The van der Waals surface area contributed by atoms with E-state index in [9.17, 15) is 9.90 Å². The third kappa shape index (κ3) is 4.17. The molecule has 0 fully saturated rings. The number of nitrogens with one attached hydrogen (secondary N) is 2. The first-order valence-electron chi connectivity index (χ1n) is 10.8. The van der Waals surface area contributed by atoms with Gasteiger partial charge in [0.1, 0.15) is 16.4 Å². The number of carbonyl (C=O) groups is 1. The lowest BCUT2D eigenvalue weighted by Crippen LogP contribution is -2.40. The predicted octanol–water partition coefficient (Wildman–Crippen LogP) is 4.02. The maximum absolute atomic E-state index is 13.0. The van der Waals surface area contributed by atoms with E-state index in [1.807, 2.05) is 16.9 Å². The number of fused-ring (bicyclic) bond motifs is 1. The topological polar surface area (TPSA) is 101 Å². The summed E-state index contributed by atoms with van der Waals surface area (Å²) in [7, 11) is 1.52. The molecular formula is C23H29N5O3S. The van der Waals surface area contributed by atoms with Crippen LogP contribution in [0.25, 0.3) is 0 Å². The minimum Gasteiger partial charge on any atom is -0.504 e. The van der Waals surface area contributed by atoms with Crippen molar-refractivity contribution in [1.82, 2.24) is 20.1 Å². The van der Waals surface area contributed by atoms with Gasteiger partial charge in [0.2, 0.25) is 0 Å². The highest BCUT2D eigenvalue weighted by Gasteiger charge is 2.39. The number of amides is 1. The zero-order valence-electron chi connectivity index (χ0n) is 18.8. The first-order chi connectivity index (χ1) is 15.3. The fraction of sp³-hybridized carbons (Fsp3) is 0.435. The number of methoxy groups -OCH3 is 1. The average Bonchev–Trinajstić information content (AvgIpc) is 3.41. The summed E-state index contributed by atoms with van der Waals surface area (Å²) in [6, 6.07) is 5.23. The van der Waals surface area contributed by atoms with Crippen LogP contribution in [0.3, 0.4) is 0 Å². The molecule has 170 valence electrons. The van der Waals surface area contributed by atoms with Gasteiger partial charge >= 0.3 is 0 Å². The Kier molecular flexibility index (Phi) is 6.10. The maximum atomic E-state index is 13.0. The fourth-order valence-electron chi connectivity index (χ4n) is 4.07. The van der Waals surface area contributed by atoms with Crippen LogP contribution in [0, 0.1) is 6.92 Å². The Morgan fingerprint density at radius 3 is 2.94 bits per heavy atom. The summed E-state index contributed by atoms with van der Waals surface area (Å²) in [6.45, 7) is 6.83. The molecule has 2 unspecified atom stereocenters. The van der Waals surface area contributed by atoms with Crippen LogP contribution in [-0.2, 0) is 12.0 Å². The van der Waals surface area contributed by atoms with E-state index in [1.165, 1.54) is 12.0 Å². The van der Waals surface area contributed by atoms with Crippen LogP contribution < -0.4 is 15.4 Å². The Balaban J connectivity index is 1.50. The van der Waals surface area contributed by atoms with Crippen LogP contribution in [0.5, 0.6) is 11.5 Å². The van der Waals surface area contributed by atoms with Gasteiger partial charge in [0.05, 0.1) is 24.9 Å². The number of phenolic OH excluding ortho intramolecular Hbond substituents is 1. The number of phenols is 1. The van der Waals surface area contributed by atoms with Crippen molar-refractivity contribution in [3.05, 3.63) is 51.6 Å². The van der Waals surface area contributed by atoms with Gasteiger partial charge in [0, 0.05) is 17.6 Å². The molecule has 0 saturated heterocycles. The quantitative estimate of drug-likeness (QED) is 0.498. The molecule has 0 saturated carbocycles. The predicted molar refractivity (Wildman–Crippen MR) is 125 cm³/mol. The average molecular weight is 456 g/mol. The lowest BCUT2D eigenvalue weighted by Gasteiger charge is -2.39. The Bertz CT molecular complexity index is 1120. The number of thiazole rings is 1. The number of hydrogen-bond acceptors (Lipinski definition) is 7. The highest BCUT2D eigenvalue weighted by molar-refractivity contribution is 7.11. The SMILES string of the molecule is CCC1(C)CC(c2ncc(C)s2)Nc2c(C(=O)NCCc3ccc(O)c(OC)c3)cnn21. The summed E-state index contributed by atoms with van der Waals surface area (Å²) in [5.41, 5.74) is 1.30. The molecule has 8 nitrogen and oxygen atoms in total. The van der Waals surface area contributed by atoms with Crippen LogP contribution in [-0.4, -0.2) is 39.4 Å². The molecule has 0 spiro atoms. The Morgan fingerprint density at radius 2 is 2.25 bits per heavy atom. The second kappa shape index (κ2) is 8.82. The largest absolute Gasteiger partial charge is 0.504 e. The van der Waals surface area contributed by atoms with Gasteiger partial charge in [0.25, 0.3) is 5.91 Å². The molecule has 9 heteroatoms. The third-order valence-electron chi connectivity index (χ3n) is 6.12. The van der Waals surface area contributed by atoms with E-state index in [-0.39, 0.29) is 23.2 Å². The second-order valence-corrected chi connectivity index (χ2v) is 9.66. The standard InChI is InChI=1S/C23H29N5O3S/c1-5-23(3)11-17(22-25-12-14(2)32-22)27-20-16(13-26-28(20)23)21(30)24-9-8-15-6-7-18(29)19(10-15)31-4/h6-7,10,12-13,17,27,29H,5,8-9,11H2,1-4H3,(H,24,30). The summed E-state index contributed by atoms with van der Waals surface area (Å²) in [4.78, 5) is 18.8. The number of rotatable bonds is 7. The van der Waals surface area contributed by atoms with Crippen LogP contribution >= 0.6 is 11.3 Å². The number of anilines is 1. The molecule has 3 N–H and O–H groups in total. The summed E-state index contributed by atoms with van der Waals surface area (Å²) < 4.78 is 7.10. The molecule has 1 aromatic carbocycles. The molecule has 32 heavy (non-hydrogen) atoms. The summed E-state index contributed by atoms with van der Waals surface area (Å²) in [6.07, 6.45) is 5.91. The van der Waals surface area contributed by atoms with Gasteiger partial charge < -0.3 is 20.5 Å². The number of aromatic hydroxyl groups is 1. The molecular weight excluding hydrogens is 426 g/mol. The number of aromatic nitrogens is 3. The number of nitrogens with zero attached hydrogens (tertiary/aromatic N) is 3. The summed E-state index contributed by atoms with van der Waals surface area (Å²) in [5, 5.41) is 21.8. The molecule has 2 aromatic heterocycles. The second-order valence-electron chi connectivity index (χ2n) is 8.39. The van der Waals surface area contributed by atoms with Crippen molar-refractivity contribution in [1.29, 1.82) is 0 Å². The lowest BCUT2D eigenvalue weighted by atomic mass is 9.88. The van der Waals surface area contributed by atoms with E-state index in [4.69, 9.17) is 4.74 Å². The first kappa shape index (κ1) is 22.1. The van der Waals surface area contributed by atoms with E-state index in [1.54, 1.807) is 29.7 Å². The molecule has 2 atom stereocenters. The van der Waals surface area contributed by atoms with Crippen molar-refractivity contribution >= 4 is 23.1 Å². The molecule has 1 aliphatic rings. The molecule has 3 heterocycles. The van der Waals surface area contributed by atoms with E-state index in [0.29, 0.717) is 24.3 Å². The van der Waals surface area contributed by atoms with Crippen molar-refractivity contribution in [2.45, 2.75) is 51.6 Å². The van der Waals surface area contributed by atoms with E-state index < -0.39 is 0 Å². The summed E-state index contributed by atoms with van der Waals surface area (Å²) >= 11 is 1.68. The normalized spacial score (nSPS) is 19.8. The number of carbonyl (C=O) groups excluding carboxylic acids is 1. The van der Waals surface area contributed by atoms with Gasteiger partial charge in [-0.3, -0.25) is 4.79 Å². The Hall–Kier alpha value is -3.07. The zero-order chi connectivity index (χ0) is 22.9. The van der Waals surface area contributed by atoms with Gasteiger partial charge in [-0.15, -0.1) is 11.3 Å². The van der Waals surface area contributed by atoms with Crippen molar-refractivity contribution in [3.8, 4) is 11.5 Å².